The fourth-order valence-corrected chi connectivity index (χ4v) is 1.10. The summed E-state index contributed by atoms with van der Waals surface area (Å²) < 4.78 is 9.64. The summed E-state index contributed by atoms with van der Waals surface area (Å²) in [6, 6.07) is 5.93. The summed E-state index contributed by atoms with van der Waals surface area (Å²) in [7, 11) is 0. The highest BCUT2D eigenvalue weighted by Crippen LogP contribution is 2.28. The second kappa shape index (κ2) is 7.04. The van der Waals surface area contributed by atoms with Crippen LogP contribution in [0.15, 0.2) is 24.3 Å². The van der Waals surface area contributed by atoms with Crippen molar-refractivity contribution in [3.8, 4) is 11.5 Å². The van der Waals surface area contributed by atoms with Crippen molar-refractivity contribution in [1.82, 2.24) is 0 Å². The molecular weight excluding hydrogens is 326 g/mol. The maximum atomic E-state index is 11.2. The summed E-state index contributed by atoms with van der Waals surface area (Å²) >= 11 is 21.3. The minimum Gasteiger partial charge on any atom is -0.421 e. The largest absolute Gasteiger partial charge is 0.421 e. The Hall–Kier alpha value is -0.680. The molecule has 0 amide bonds. The summed E-state index contributed by atoms with van der Waals surface area (Å²) in [6.07, 6.45) is 0. The monoisotopic (exact) mass is 330 g/mol. The standard InChI is InChI=1S/C10H6Cl4O4/c11-7(12)9(15)17-5-3-1-2-4-6(5)18-10(16)8(13)14/h1-4,7-8H. The van der Waals surface area contributed by atoms with Gasteiger partial charge in [0.1, 0.15) is 0 Å². The first-order valence-corrected chi connectivity index (χ1v) is 6.25. The van der Waals surface area contributed by atoms with Crippen molar-refractivity contribution >= 4 is 58.3 Å². The van der Waals surface area contributed by atoms with E-state index < -0.39 is 21.6 Å². The summed E-state index contributed by atoms with van der Waals surface area (Å²) in [4.78, 5) is 19.7. The molecule has 98 valence electrons. The van der Waals surface area contributed by atoms with E-state index >= 15 is 0 Å². The van der Waals surface area contributed by atoms with Crippen LogP contribution in [-0.4, -0.2) is 21.6 Å². The number of alkyl halides is 4. The van der Waals surface area contributed by atoms with Gasteiger partial charge in [0.05, 0.1) is 0 Å². The molecule has 1 aromatic rings. The van der Waals surface area contributed by atoms with Crippen molar-refractivity contribution in [2.24, 2.45) is 0 Å². The third kappa shape index (κ3) is 4.53. The average molecular weight is 332 g/mol. The molecule has 0 spiro atoms. The fraction of sp³-hybridized carbons (Fsp3) is 0.200. The van der Waals surface area contributed by atoms with Gasteiger partial charge in [-0.15, -0.1) is 0 Å². The first-order chi connectivity index (χ1) is 8.41. The molecule has 0 aromatic heterocycles. The number of hydrogen-bond acceptors (Lipinski definition) is 4. The molecule has 0 fully saturated rings. The predicted molar refractivity (Wildman–Crippen MR) is 68.7 cm³/mol. The molecule has 0 bridgehead atoms. The summed E-state index contributed by atoms with van der Waals surface area (Å²) in [5.74, 6) is -1.82. The Kier molecular flexibility index (Phi) is 6.02. The molecule has 0 radical (unpaired) electrons. The van der Waals surface area contributed by atoms with Crippen LogP contribution in [0.1, 0.15) is 0 Å². The van der Waals surface area contributed by atoms with Crippen LogP contribution < -0.4 is 9.47 Å². The average Bonchev–Trinajstić information content (AvgIpc) is 2.31. The van der Waals surface area contributed by atoms with Gasteiger partial charge in [-0.3, -0.25) is 0 Å². The van der Waals surface area contributed by atoms with Gasteiger partial charge in [0.2, 0.25) is 9.67 Å². The van der Waals surface area contributed by atoms with Crippen LogP contribution in [0.4, 0.5) is 0 Å². The lowest BCUT2D eigenvalue weighted by atomic mass is 10.3. The summed E-state index contributed by atoms with van der Waals surface area (Å²) in [5, 5.41) is 0. The molecule has 4 nitrogen and oxygen atoms in total. The van der Waals surface area contributed by atoms with Gasteiger partial charge in [-0.2, -0.15) is 0 Å². The Morgan fingerprint density at radius 1 is 0.833 bits per heavy atom. The number of para-hydroxylation sites is 2. The van der Waals surface area contributed by atoms with Gasteiger partial charge in [0.25, 0.3) is 0 Å². The molecule has 0 aliphatic carbocycles. The van der Waals surface area contributed by atoms with Crippen LogP contribution in [0.25, 0.3) is 0 Å². The molecule has 1 rings (SSSR count). The van der Waals surface area contributed by atoms with E-state index in [0.717, 1.165) is 0 Å². The minimum absolute atomic E-state index is 0.0175. The lowest BCUT2D eigenvalue weighted by Crippen LogP contribution is -2.19. The Morgan fingerprint density at radius 2 is 1.17 bits per heavy atom. The normalized spacial score (nSPS) is 10.6. The number of esters is 2. The predicted octanol–water partition coefficient (Wildman–Crippen LogP) is 3.10. The second-order valence-electron chi connectivity index (χ2n) is 2.89. The lowest BCUT2D eigenvalue weighted by Gasteiger charge is -2.10. The van der Waals surface area contributed by atoms with Crippen molar-refractivity contribution in [3.63, 3.8) is 0 Å². The number of halogens is 4. The maximum Gasteiger partial charge on any atom is 0.344 e. The summed E-state index contributed by atoms with van der Waals surface area (Å²) in [6.45, 7) is 0. The molecule has 0 atom stereocenters. The van der Waals surface area contributed by atoms with E-state index in [1.165, 1.54) is 12.1 Å². The second-order valence-corrected chi connectivity index (χ2v) is 5.08. The molecule has 1 aromatic carbocycles. The van der Waals surface area contributed by atoms with Crippen molar-refractivity contribution in [2.75, 3.05) is 0 Å². The first-order valence-electron chi connectivity index (χ1n) is 4.50. The quantitative estimate of drug-likeness (QED) is 0.483. The molecule has 0 saturated carbocycles. The van der Waals surface area contributed by atoms with E-state index in [2.05, 4.69) is 0 Å². The number of hydrogen-bond donors (Lipinski definition) is 0. The molecule has 18 heavy (non-hydrogen) atoms. The highest BCUT2D eigenvalue weighted by atomic mass is 35.5. The van der Waals surface area contributed by atoms with Gasteiger partial charge >= 0.3 is 11.9 Å². The zero-order chi connectivity index (χ0) is 13.7. The highest BCUT2D eigenvalue weighted by Gasteiger charge is 2.20. The van der Waals surface area contributed by atoms with E-state index in [-0.39, 0.29) is 11.5 Å². The van der Waals surface area contributed by atoms with Crippen molar-refractivity contribution in [1.29, 1.82) is 0 Å². The van der Waals surface area contributed by atoms with Gasteiger partial charge in [0.15, 0.2) is 11.5 Å². The van der Waals surface area contributed by atoms with Crippen LogP contribution >= 0.6 is 46.4 Å². The Bertz CT molecular complexity index is 406. The van der Waals surface area contributed by atoms with Crippen LogP contribution in [0.5, 0.6) is 11.5 Å². The Morgan fingerprint density at radius 3 is 1.44 bits per heavy atom. The van der Waals surface area contributed by atoms with Gasteiger partial charge < -0.3 is 9.47 Å². The van der Waals surface area contributed by atoms with Gasteiger partial charge in [0, 0.05) is 0 Å². The Balaban J connectivity index is 2.86. The highest BCUT2D eigenvalue weighted by molar-refractivity contribution is 6.53. The number of rotatable bonds is 4. The molecule has 0 unspecified atom stereocenters. The molecule has 0 heterocycles. The zero-order valence-corrected chi connectivity index (χ0v) is 11.6. The van der Waals surface area contributed by atoms with Crippen LogP contribution in [0.2, 0.25) is 0 Å². The SMILES string of the molecule is O=C(Oc1ccccc1OC(=O)C(Cl)Cl)C(Cl)Cl. The van der Waals surface area contributed by atoms with Crippen LogP contribution in [0.3, 0.4) is 0 Å². The minimum atomic E-state index is -1.34. The van der Waals surface area contributed by atoms with E-state index in [1.54, 1.807) is 12.1 Å². The number of carbonyl (C=O) groups excluding carboxylic acids is 2. The van der Waals surface area contributed by atoms with Gasteiger partial charge in [-0.05, 0) is 12.1 Å². The maximum absolute atomic E-state index is 11.2. The van der Waals surface area contributed by atoms with Crippen LogP contribution in [-0.2, 0) is 9.59 Å². The number of benzene rings is 1. The van der Waals surface area contributed by atoms with E-state index in [1.807, 2.05) is 0 Å². The van der Waals surface area contributed by atoms with Crippen molar-refractivity contribution in [2.45, 2.75) is 9.67 Å². The van der Waals surface area contributed by atoms with Crippen molar-refractivity contribution in [3.05, 3.63) is 24.3 Å². The van der Waals surface area contributed by atoms with E-state index in [0.29, 0.717) is 0 Å². The third-order valence-electron chi connectivity index (χ3n) is 1.63. The molecule has 0 aliphatic heterocycles. The smallest absolute Gasteiger partial charge is 0.344 e. The summed E-state index contributed by atoms with van der Waals surface area (Å²) in [5.41, 5.74) is 0. The zero-order valence-electron chi connectivity index (χ0n) is 8.61. The fourth-order valence-electron chi connectivity index (χ4n) is 0.925. The third-order valence-corrected chi connectivity index (χ3v) is 2.34. The number of ether oxygens (including phenoxy) is 2. The van der Waals surface area contributed by atoms with Gasteiger partial charge in [-0.25, -0.2) is 9.59 Å². The molecule has 8 heteroatoms. The molecule has 0 aliphatic rings. The molecule has 0 N–H and O–H groups in total. The van der Waals surface area contributed by atoms with Crippen molar-refractivity contribution < 1.29 is 19.1 Å². The first kappa shape index (κ1) is 15.4. The number of carbonyl (C=O) groups is 2. The lowest BCUT2D eigenvalue weighted by molar-refractivity contribution is -0.135. The van der Waals surface area contributed by atoms with E-state index in [4.69, 9.17) is 55.9 Å². The Labute approximate surface area is 123 Å². The van der Waals surface area contributed by atoms with E-state index in [9.17, 15) is 9.59 Å². The topological polar surface area (TPSA) is 52.6 Å². The van der Waals surface area contributed by atoms with Gasteiger partial charge in [-0.1, -0.05) is 58.5 Å². The molecular formula is C10H6Cl4O4. The molecule has 0 saturated heterocycles. The van der Waals surface area contributed by atoms with Crippen LogP contribution in [0, 0.1) is 0 Å².